The Hall–Kier alpha value is -0.300. The van der Waals surface area contributed by atoms with Crippen molar-refractivity contribution in [2.45, 2.75) is 69.5 Å². The van der Waals surface area contributed by atoms with E-state index in [0.717, 1.165) is 6.42 Å². The van der Waals surface area contributed by atoms with Crippen molar-refractivity contribution in [2.24, 2.45) is 11.7 Å². The molecule has 5 atom stereocenters. The summed E-state index contributed by atoms with van der Waals surface area (Å²) < 4.78 is 12.2. The Morgan fingerprint density at radius 2 is 2.08 bits per heavy atom. The van der Waals surface area contributed by atoms with Crippen molar-refractivity contribution >= 4 is 13.6 Å². The summed E-state index contributed by atoms with van der Waals surface area (Å²) in [4.78, 5) is 11.9. The summed E-state index contributed by atoms with van der Waals surface area (Å²) in [7, 11) is -0.839. The van der Waals surface area contributed by atoms with Crippen LogP contribution in [0.5, 0.6) is 0 Å². The van der Waals surface area contributed by atoms with Crippen molar-refractivity contribution in [1.82, 2.24) is 5.32 Å². The maximum absolute atomic E-state index is 11.9. The van der Waals surface area contributed by atoms with Crippen molar-refractivity contribution < 1.29 is 24.5 Å². The van der Waals surface area contributed by atoms with Crippen molar-refractivity contribution in [3.05, 3.63) is 0 Å². The Bertz CT molecular complexity index is 422. The van der Waals surface area contributed by atoms with E-state index in [2.05, 4.69) is 5.32 Å². The highest BCUT2D eigenvalue weighted by Crippen LogP contribution is 2.38. The van der Waals surface area contributed by atoms with Gasteiger partial charge in [-0.2, -0.15) is 0 Å². The van der Waals surface area contributed by atoms with Crippen LogP contribution in [0.25, 0.3) is 0 Å². The number of carbonyl (C=O) groups excluding carboxylic acids is 1. The molecule has 26 heavy (non-hydrogen) atoms. The number of carbonyl (C=O) groups is 1. The molecule has 8 heteroatoms. The van der Waals surface area contributed by atoms with Gasteiger partial charge in [-0.15, -0.1) is 0 Å². The fourth-order valence-electron chi connectivity index (χ4n) is 3.91. The molecular formula is C18H35N2O5P. The first kappa shape index (κ1) is 22.0. The number of aliphatic hydroxyl groups is 2. The van der Waals surface area contributed by atoms with E-state index >= 15 is 0 Å². The molecule has 2 rings (SSSR count). The summed E-state index contributed by atoms with van der Waals surface area (Å²) in [5.74, 6) is 0.607. The Morgan fingerprint density at radius 3 is 2.73 bits per heavy atom. The first-order valence-corrected chi connectivity index (χ1v) is 11.8. The lowest BCUT2D eigenvalue weighted by molar-refractivity contribution is -0.0675. The van der Waals surface area contributed by atoms with E-state index in [1.54, 1.807) is 0 Å². The number of nitrogens with one attached hydrogen (secondary N) is 1. The van der Waals surface area contributed by atoms with Gasteiger partial charge < -0.3 is 30.7 Å². The third-order valence-corrected chi connectivity index (χ3v) is 7.13. The second kappa shape index (κ2) is 11.5. The summed E-state index contributed by atoms with van der Waals surface area (Å²) in [6.45, 7) is 2.44. The molecule has 0 aromatic rings. The second-order valence-corrected chi connectivity index (χ2v) is 9.63. The van der Waals surface area contributed by atoms with Gasteiger partial charge in [-0.3, -0.25) is 4.79 Å². The van der Waals surface area contributed by atoms with Crippen molar-refractivity contribution in [3.8, 4) is 0 Å². The molecule has 2 fully saturated rings. The molecular weight excluding hydrogens is 355 g/mol. The molecule has 0 aromatic carbocycles. The summed E-state index contributed by atoms with van der Waals surface area (Å²) in [5.41, 5.74) is 6.10. The highest BCUT2D eigenvalue weighted by molar-refractivity contribution is 7.74. The smallest absolute Gasteiger partial charge is 0.240 e. The van der Waals surface area contributed by atoms with Gasteiger partial charge in [0.05, 0.1) is 18.3 Å². The molecule has 1 saturated carbocycles. The van der Waals surface area contributed by atoms with Gasteiger partial charge in [0.25, 0.3) is 0 Å². The third kappa shape index (κ3) is 6.70. The largest absolute Gasteiger partial charge is 0.396 e. The lowest BCUT2D eigenvalue weighted by atomic mass is 9.97. The number of aliphatic hydroxyl groups excluding tert-OH is 2. The van der Waals surface area contributed by atoms with Crippen LogP contribution in [0, 0.1) is 5.92 Å². The first-order valence-electron chi connectivity index (χ1n) is 9.82. The van der Waals surface area contributed by atoms with Crippen molar-refractivity contribution in [3.63, 3.8) is 0 Å². The lowest BCUT2D eigenvalue weighted by Gasteiger charge is -2.22. The van der Waals surface area contributed by atoms with Crippen LogP contribution in [0.15, 0.2) is 0 Å². The van der Waals surface area contributed by atoms with E-state index in [1.165, 1.54) is 25.7 Å². The van der Waals surface area contributed by atoms with Crippen LogP contribution in [0.2, 0.25) is 0 Å². The van der Waals surface area contributed by atoms with E-state index < -0.39 is 14.1 Å². The highest BCUT2D eigenvalue weighted by Gasteiger charge is 2.40. The minimum absolute atomic E-state index is 0.00935. The van der Waals surface area contributed by atoms with Gasteiger partial charge >= 0.3 is 0 Å². The van der Waals surface area contributed by atoms with E-state index in [0.29, 0.717) is 31.5 Å². The number of ether oxygens (including phenoxy) is 2. The molecule has 1 aliphatic heterocycles. The molecule has 0 spiro atoms. The van der Waals surface area contributed by atoms with Gasteiger partial charge in [0.15, 0.2) is 0 Å². The van der Waals surface area contributed by atoms with Crippen LogP contribution in [-0.2, 0) is 9.47 Å². The molecule has 0 radical (unpaired) electrons. The zero-order chi connectivity index (χ0) is 18.9. The molecule has 0 bridgehead atoms. The molecule has 0 aromatic heterocycles. The van der Waals surface area contributed by atoms with Crippen LogP contribution in [0.3, 0.4) is 0 Å². The zero-order valence-electron chi connectivity index (χ0n) is 15.8. The second-order valence-electron chi connectivity index (χ2n) is 7.38. The van der Waals surface area contributed by atoms with Crippen LogP contribution < -0.4 is 11.1 Å². The van der Waals surface area contributed by atoms with Crippen LogP contribution in [0.1, 0.15) is 44.9 Å². The molecule has 3 unspecified atom stereocenters. The maximum atomic E-state index is 11.9. The van der Waals surface area contributed by atoms with Gasteiger partial charge in [0, 0.05) is 32.6 Å². The average Bonchev–Trinajstić information content (AvgIpc) is 3.25. The molecule has 7 nitrogen and oxygen atoms in total. The topological polar surface area (TPSA) is 114 Å². The quantitative estimate of drug-likeness (QED) is 0.315. The summed E-state index contributed by atoms with van der Waals surface area (Å²) in [6, 6.07) is 0. The fourth-order valence-corrected chi connectivity index (χ4v) is 4.79. The summed E-state index contributed by atoms with van der Waals surface area (Å²) in [5, 5.41) is 21.1. The highest BCUT2D eigenvalue weighted by atomic mass is 31.1. The normalized spacial score (nSPS) is 29.0. The fraction of sp³-hybridized carbons (Fsp3) is 0.944. The molecule has 5 N–H and O–H groups in total. The zero-order valence-corrected chi connectivity index (χ0v) is 16.7. The van der Waals surface area contributed by atoms with Crippen molar-refractivity contribution in [1.29, 1.82) is 0 Å². The molecule has 2 aliphatic rings. The number of nitrogens with two attached hydrogens (primary N) is 1. The minimum atomic E-state index is -0.839. The standard InChI is InChI=1S/C18H35N2O5P/c1-26(11-10-22)18(23)20-8-6-17(19)25-16-12-15(13-4-2-3-5-13)24-14(16)7-9-21/h13-17,21-22H,2-12,19H2,1H3,(H,20,23)/t14?,15-,16-,17?,26?/m1/s1. The Morgan fingerprint density at radius 1 is 1.35 bits per heavy atom. The molecule has 1 saturated heterocycles. The Balaban J connectivity index is 1.73. The monoisotopic (exact) mass is 390 g/mol. The maximum Gasteiger partial charge on any atom is 0.240 e. The molecule has 152 valence electrons. The van der Waals surface area contributed by atoms with Crippen molar-refractivity contribution in [2.75, 3.05) is 32.6 Å². The van der Waals surface area contributed by atoms with E-state index in [-0.39, 0.29) is 37.2 Å². The predicted molar refractivity (Wildman–Crippen MR) is 103 cm³/mol. The van der Waals surface area contributed by atoms with E-state index in [1.807, 2.05) is 6.66 Å². The Labute approximate surface area is 157 Å². The van der Waals surface area contributed by atoms with Crippen LogP contribution in [0.4, 0.5) is 4.79 Å². The van der Waals surface area contributed by atoms with Gasteiger partial charge in [-0.25, -0.2) is 0 Å². The minimum Gasteiger partial charge on any atom is -0.396 e. The molecule has 1 amide bonds. The number of amides is 1. The SMILES string of the molecule is CP(CCO)C(=O)NCCC(N)O[C@@H]1C[C@H](C2CCCC2)OC1CCO. The first-order chi connectivity index (χ1) is 12.5. The van der Waals surface area contributed by atoms with Crippen LogP contribution in [-0.4, -0.2) is 73.0 Å². The van der Waals surface area contributed by atoms with E-state index in [9.17, 15) is 9.90 Å². The summed E-state index contributed by atoms with van der Waals surface area (Å²) in [6.07, 6.45) is 7.01. The molecule has 1 aliphatic carbocycles. The van der Waals surface area contributed by atoms with Crippen LogP contribution >= 0.6 is 7.92 Å². The lowest BCUT2D eigenvalue weighted by Crippen LogP contribution is -2.37. The van der Waals surface area contributed by atoms with Gasteiger partial charge in [-0.05, 0) is 45.9 Å². The Kier molecular flexibility index (Phi) is 9.75. The van der Waals surface area contributed by atoms with E-state index in [4.69, 9.17) is 20.3 Å². The van der Waals surface area contributed by atoms with Gasteiger partial charge in [0.1, 0.15) is 6.23 Å². The third-order valence-electron chi connectivity index (χ3n) is 5.40. The predicted octanol–water partition coefficient (Wildman–Crippen LogP) is 1.59. The van der Waals surface area contributed by atoms with Gasteiger partial charge in [0.2, 0.25) is 5.65 Å². The molecule has 1 heterocycles. The number of hydrogen-bond donors (Lipinski definition) is 4. The number of hydrogen-bond acceptors (Lipinski definition) is 6. The average molecular weight is 390 g/mol. The summed E-state index contributed by atoms with van der Waals surface area (Å²) >= 11 is 0. The number of rotatable bonds is 11. The van der Waals surface area contributed by atoms with Gasteiger partial charge in [-0.1, -0.05) is 12.8 Å².